The summed E-state index contributed by atoms with van der Waals surface area (Å²) in [4.78, 5) is 11.1. The first kappa shape index (κ1) is 12.8. The van der Waals surface area contributed by atoms with Crippen LogP contribution < -0.4 is 10.6 Å². The SMILES string of the molecule is CC1CCC(N[C@@H]2CN[C@](C)(C(=O)O)C2)CC1. The van der Waals surface area contributed by atoms with Gasteiger partial charge in [-0.3, -0.25) is 4.79 Å². The molecule has 2 rings (SSSR count). The number of nitrogens with one attached hydrogen (secondary N) is 2. The Morgan fingerprint density at radius 1 is 1.29 bits per heavy atom. The van der Waals surface area contributed by atoms with Gasteiger partial charge < -0.3 is 15.7 Å². The lowest BCUT2D eigenvalue weighted by atomic mass is 9.87. The van der Waals surface area contributed by atoms with Gasteiger partial charge in [0.05, 0.1) is 0 Å². The van der Waals surface area contributed by atoms with Gasteiger partial charge in [-0.05, 0) is 44.9 Å². The van der Waals surface area contributed by atoms with Crippen molar-refractivity contribution in [1.82, 2.24) is 10.6 Å². The van der Waals surface area contributed by atoms with Crippen molar-refractivity contribution in [3.05, 3.63) is 0 Å². The summed E-state index contributed by atoms with van der Waals surface area (Å²) in [5.41, 5.74) is -0.736. The lowest BCUT2D eigenvalue weighted by Gasteiger charge is -2.29. The minimum absolute atomic E-state index is 0.314. The van der Waals surface area contributed by atoms with E-state index in [1.54, 1.807) is 6.92 Å². The maximum absolute atomic E-state index is 11.1. The Bertz CT molecular complexity index is 287. The number of carbonyl (C=O) groups is 1. The molecule has 4 heteroatoms. The molecule has 1 saturated carbocycles. The van der Waals surface area contributed by atoms with Crippen LogP contribution in [0.4, 0.5) is 0 Å². The fourth-order valence-electron chi connectivity index (χ4n) is 3.03. The largest absolute Gasteiger partial charge is 0.480 e. The van der Waals surface area contributed by atoms with Crippen molar-refractivity contribution in [1.29, 1.82) is 0 Å². The van der Waals surface area contributed by atoms with Gasteiger partial charge in [-0.1, -0.05) is 6.92 Å². The fraction of sp³-hybridized carbons (Fsp3) is 0.923. The van der Waals surface area contributed by atoms with Crippen molar-refractivity contribution in [3.8, 4) is 0 Å². The molecule has 17 heavy (non-hydrogen) atoms. The number of rotatable bonds is 3. The highest BCUT2D eigenvalue weighted by atomic mass is 16.4. The molecule has 2 fully saturated rings. The van der Waals surface area contributed by atoms with Crippen molar-refractivity contribution in [2.24, 2.45) is 5.92 Å². The van der Waals surface area contributed by atoms with Crippen LogP contribution in [-0.4, -0.2) is 35.2 Å². The predicted molar refractivity (Wildman–Crippen MR) is 67.0 cm³/mol. The third-order valence-electron chi connectivity index (χ3n) is 4.35. The second kappa shape index (κ2) is 4.94. The lowest BCUT2D eigenvalue weighted by Crippen LogP contribution is -2.44. The van der Waals surface area contributed by atoms with Crippen LogP contribution in [0.1, 0.15) is 46.0 Å². The molecule has 0 aromatic rings. The van der Waals surface area contributed by atoms with E-state index in [0.29, 0.717) is 18.5 Å². The van der Waals surface area contributed by atoms with Crippen LogP contribution in [0.15, 0.2) is 0 Å². The molecule has 0 amide bonds. The molecule has 0 aromatic carbocycles. The van der Waals surface area contributed by atoms with Crippen LogP contribution in [0.3, 0.4) is 0 Å². The van der Waals surface area contributed by atoms with Gasteiger partial charge in [0.2, 0.25) is 0 Å². The zero-order valence-electron chi connectivity index (χ0n) is 10.8. The molecular weight excluding hydrogens is 216 g/mol. The van der Waals surface area contributed by atoms with Crippen LogP contribution in [0.5, 0.6) is 0 Å². The molecule has 1 saturated heterocycles. The van der Waals surface area contributed by atoms with Crippen molar-refractivity contribution in [2.45, 2.75) is 63.6 Å². The van der Waals surface area contributed by atoms with E-state index in [-0.39, 0.29) is 0 Å². The van der Waals surface area contributed by atoms with E-state index in [1.807, 2.05) is 0 Å². The summed E-state index contributed by atoms with van der Waals surface area (Å²) in [6.45, 7) is 4.86. The number of hydrogen-bond acceptors (Lipinski definition) is 3. The zero-order valence-corrected chi connectivity index (χ0v) is 10.8. The van der Waals surface area contributed by atoms with Crippen LogP contribution in [0.2, 0.25) is 0 Å². The average Bonchev–Trinajstić information content (AvgIpc) is 2.65. The second-order valence-electron chi connectivity index (χ2n) is 6.04. The summed E-state index contributed by atoms with van der Waals surface area (Å²) < 4.78 is 0. The van der Waals surface area contributed by atoms with E-state index in [9.17, 15) is 4.79 Å². The summed E-state index contributed by atoms with van der Waals surface area (Å²) in [6.07, 6.45) is 5.76. The predicted octanol–water partition coefficient (Wildman–Crippen LogP) is 1.36. The highest BCUT2D eigenvalue weighted by Crippen LogP contribution is 2.26. The number of carboxylic acids is 1. The van der Waals surface area contributed by atoms with Gasteiger partial charge in [0.15, 0.2) is 0 Å². The van der Waals surface area contributed by atoms with Crippen LogP contribution in [-0.2, 0) is 4.79 Å². The van der Waals surface area contributed by atoms with Crippen molar-refractivity contribution < 1.29 is 9.90 Å². The van der Waals surface area contributed by atoms with Gasteiger partial charge >= 0.3 is 5.97 Å². The van der Waals surface area contributed by atoms with E-state index in [4.69, 9.17) is 5.11 Å². The smallest absolute Gasteiger partial charge is 0.323 e. The first-order valence-electron chi connectivity index (χ1n) is 6.74. The topological polar surface area (TPSA) is 61.4 Å². The summed E-state index contributed by atoms with van der Waals surface area (Å²) in [5, 5.41) is 15.9. The molecule has 0 radical (unpaired) electrons. The van der Waals surface area contributed by atoms with E-state index in [2.05, 4.69) is 17.6 Å². The Morgan fingerprint density at radius 2 is 1.94 bits per heavy atom. The summed E-state index contributed by atoms with van der Waals surface area (Å²) >= 11 is 0. The highest BCUT2D eigenvalue weighted by Gasteiger charge is 2.41. The van der Waals surface area contributed by atoms with E-state index in [1.165, 1.54) is 25.7 Å². The zero-order chi connectivity index (χ0) is 12.5. The normalized spacial score (nSPS) is 42.6. The van der Waals surface area contributed by atoms with Crippen molar-refractivity contribution in [2.75, 3.05) is 6.54 Å². The number of hydrogen-bond donors (Lipinski definition) is 3. The molecular formula is C13H24N2O2. The fourth-order valence-corrected chi connectivity index (χ4v) is 3.03. The summed E-state index contributed by atoms with van der Waals surface area (Å²) in [6, 6.07) is 0.906. The Balaban J connectivity index is 1.80. The maximum atomic E-state index is 11.1. The first-order chi connectivity index (χ1) is 7.99. The second-order valence-corrected chi connectivity index (χ2v) is 6.04. The Hall–Kier alpha value is -0.610. The molecule has 2 aliphatic rings. The molecule has 0 bridgehead atoms. The lowest BCUT2D eigenvalue weighted by molar-refractivity contribution is -0.143. The van der Waals surface area contributed by atoms with E-state index < -0.39 is 11.5 Å². The van der Waals surface area contributed by atoms with Crippen LogP contribution >= 0.6 is 0 Å². The monoisotopic (exact) mass is 240 g/mol. The van der Waals surface area contributed by atoms with E-state index in [0.717, 1.165) is 12.5 Å². The van der Waals surface area contributed by atoms with Gasteiger partial charge in [-0.25, -0.2) is 0 Å². The summed E-state index contributed by atoms with van der Waals surface area (Å²) in [5.74, 6) is 0.123. The Morgan fingerprint density at radius 3 is 2.47 bits per heavy atom. The third kappa shape index (κ3) is 2.99. The minimum atomic E-state index is -0.737. The highest BCUT2D eigenvalue weighted by molar-refractivity contribution is 5.78. The van der Waals surface area contributed by atoms with Gasteiger partial charge in [0.25, 0.3) is 0 Å². The summed E-state index contributed by atoms with van der Waals surface area (Å²) in [7, 11) is 0. The van der Waals surface area contributed by atoms with Crippen LogP contribution in [0, 0.1) is 5.92 Å². The maximum Gasteiger partial charge on any atom is 0.323 e. The average molecular weight is 240 g/mol. The quantitative estimate of drug-likeness (QED) is 0.697. The molecule has 0 spiro atoms. The standard InChI is InChI=1S/C13H24N2O2/c1-9-3-5-10(6-4-9)15-11-7-13(2,12(16)17)14-8-11/h9-11,14-15H,3-8H2,1-2H3,(H,16,17)/t9?,10?,11-,13-/m0/s1. The Labute approximate surface area is 103 Å². The molecule has 2 atom stereocenters. The number of aliphatic carboxylic acids is 1. The molecule has 3 N–H and O–H groups in total. The van der Waals surface area contributed by atoms with Crippen LogP contribution in [0.25, 0.3) is 0 Å². The number of carboxylic acid groups (broad SMARTS) is 1. The van der Waals surface area contributed by atoms with E-state index >= 15 is 0 Å². The van der Waals surface area contributed by atoms with Crippen molar-refractivity contribution in [3.63, 3.8) is 0 Å². The molecule has 1 aliphatic carbocycles. The molecule has 98 valence electrons. The van der Waals surface area contributed by atoms with Gasteiger partial charge in [0, 0.05) is 18.6 Å². The first-order valence-corrected chi connectivity index (χ1v) is 6.74. The van der Waals surface area contributed by atoms with Crippen molar-refractivity contribution >= 4 is 5.97 Å². The van der Waals surface area contributed by atoms with Gasteiger partial charge in [-0.15, -0.1) is 0 Å². The van der Waals surface area contributed by atoms with Gasteiger partial charge in [0.1, 0.15) is 5.54 Å². The Kier molecular flexibility index (Phi) is 3.73. The van der Waals surface area contributed by atoms with Gasteiger partial charge in [-0.2, -0.15) is 0 Å². The minimum Gasteiger partial charge on any atom is -0.480 e. The molecule has 1 heterocycles. The molecule has 0 unspecified atom stereocenters. The third-order valence-corrected chi connectivity index (χ3v) is 4.35. The molecule has 4 nitrogen and oxygen atoms in total. The molecule has 0 aromatic heterocycles. The molecule has 1 aliphatic heterocycles.